The van der Waals surface area contributed by atoms with Gasteiger partial charge in [0.2, 0.25) is 11.8 Å². The van der Waals surface area contributed by atoms with E-state index < -0.39 is 17.9 Å². The van der Waals surface area contributed by atoms with Gasteiger partial charge in [-0.1, -0.05) is 68.0 Å². The number of carbonyl (C=O) groups excluding carboxylic acids is 3. The lowest BCUT2D eigenvalue weighted by molar-refractivity contribution is -0.140. The first-order valence-corrected chi connectivity index (χ1v) is 11.0. The first-order valence-electron chi connectivity index (χ1n) is 11.0. The van der Waals surface area contributed by atoms with Gasteiger partial charge in [-0.2, -0.15) is 0 Å². The second kappa shape index (κ2) is 7.49. The van der Waals surface area contributed by atoms with Gasteiger partial charge >= 0.3 is 0 Å². The van der Waals surface area contributed by atoms with E-state index in [-0.39, 0.29) is 23.6 Å². The van der Waals surface area contributed by atoms with E-state index >= 15 is 0 Å². The summed E-state index contributed by atoms with van der Waals surface area (Å²) >= 11 is 0. The van der Waals surface area contributed by atoms with E-state index in [1.807, 2.05) is 61.2 Å². The van der Waals surface area contributed by atoms with E-state index in [0.29, 0.717) is 12.1 Å². The van der Waals surface area contributed by atoms with Gasteiger partial charge in [-0.25, -0.2) is 0 Å². The van der Waals surface area contributed by atoms with Crippen LogP contribution in [-0.2, 0) is 9.59 Å². The number of rotatable bonds is 5. The second-order valence-corrected chi connectivity index (χ2v) is 8.67. The Morgan fingerprint density at radius 2 is 1.61 bits per heavy atom. The molecule has 4 unspecified atom stereocenters. The molecular weight excluding hydrogens is 388 g/mol. The van der Waals surface area contributed by atoms with Crippen molar-refractivity contribution >= 4 is 28.9 Å². The van der Waals surface area contributed by atoms with Gasteiger partial charge in [0.05, 0.1) is 17.9 Å². The molecular formula is C26H26N2O3. The van der Waals surface area contributed by atoms with Gasteiger partial charge in [-0.3, -0.25) is 19.3 Å². The van der Waals surface area contributed by atoms with Crippen LogP contribution in [0.3, 0.4) is 0 Å². The Hall–Kier alpha value is -3.21. The number of hydrogen-bond donors (Lipinski definition) is 0. The zero-order valence-corrected chi connectivity index (χ0v) is 17.8. The summed E-state index contributed by atoms with van der Waals surface area (Å²) < 4.78 is 0. The van der Waals surface area contributed by atoms with Crippen LogP contribution in [0, 0.1) is 11.8 Å². The van der Waals surface area contributed by atoms with Crippen LogP contribution < -0.4 is 4.90 Å². The van der Waals surface area contributed by atoms with Gasteiger partial charge in [-0.15, -0.1) is 0 Å². The van der Waals surface area contributed by atoms with Crippen molar-refractivity contribution < 1.29 is 14.4 Å². The predicted octanol–water partition coefficient (Wildman–Crippen LogP) is 3.94. The smallest absolute Gasteiger partial charge is 0.235 e. The molecule has 2 aromatic carbocycles. The fourth-order valence-electron chi connectivity index (χ4n) is 5.47. The van der Waals surface area contributed by atoms with Crippen molar-refractivity contribution in [1.82, 2.24) is 4.90 Å². The molecule has 158 valence electrons. The molecule has 0 aromatic heterocycles. The standard InChI is InChI=1S/C26H26N2O3/c1-3-4-14-27-25(30)21-20-15-16(2)18-12-8-9-13-19(18)28(20)23(22(21)26(27)31)24(29)17-10-6-5-7-11-17/h5-13,15,20-23H,3-4,14H2,1-2H3. The normalized spacial score (nSPS) is 26.5. The number of para-hydroxylation sites is 1. The van der Waals surface area contributed by atoms with Crippen LogP contribution in [0.5, 0.6) is 0 Å². The number of carbonyl (C=O) groups is 3. The number of amides is 2. The average Bonchev–Trinajstić information content (AvgIpc) is 3.25. The van der Waals surface area contributed by atoms with Gasteiger partial charge in [0, 0.05) is 23.4 Å². The van der Waals surface area contributed by atoms with E-state index in [1.165, 1.54) is 4.90 Å². The molecule has 5 heteroatoms. The van der Waals surface area contributed by atoms with Crippen molar-refractivity contribution in [2.75, 3.05) is 11.4 Å². The summed E-state index contributed by atoms with van der Waals surface area (Å²) in [4.78, 5) is 44.1. The number of likely N-dealkylation sites (tertiary alicyclic amines) is 1. The first kappa shape index (κ1) is 19.7. The molecule has 3 aliphatic heterocycles. The van der Waals surface area contributed by atoms with Crippen molar-refractivity contribution in [1.29, 1.82) is 0 Å². The van der Waals surface area contributed by atoms with Crippen LogP contribution in [0.2, 0.25) is 0 Å². The van der Waals surface area contributed by atoms with Crippen molar-refractivity contribution in [3.8, 4) is 0 Å². The van der Waals surface area contributed by atoms with E-state index in [4.69, 9.17) is 0 Å². The van der Waals surface area contributed by atoms with Gasteiger partial charge < -0.3 is 4.90 Å². The van der Waals surface area contributed by atoms with E-state index in [2.05, 4.69) is 6.08 Å². The molecule has 5 nitrogen and oxygen atoms in total. The molecule has 0 spiro atoms. The fraction of sp³-hybridized carbons (Fsp3) is 0.346. The number of hydrogen-bond acceptors (Lipinski definition) is 4. The molecule has 0 aliphatic carbocycles. The molecule has 0 N–H and O–H groups in total. The monoisotopic (exact) mass is 414 g/mol. The number of benzene rings is 2. The summed E-state index contributed by atoms with van der Waals surface area (Å²) in [6.07, 6.45) is 3.76. The Labute approximate surface area is 182 Å². The molecule has 2 aromatic rings. The number of imide groups is 1. The van der Waals surface area contributed by atoms with Gasteiger partial charge in [0.15, 0.2) is 5.78 Å². The zero-order valence-electron chi connectivity index (χ0n) is 17.8. The minimum atomic E-state index is -0.689. The Bertz CT molecular complexity index is 1090. The van der Waals surface area contributed by atoms with Crippen molar-refractivity contribution in [3.05, 3.63) is 71.8 Å². The van der Waals surface area contributed by atoms with Crippen molar-refractivity contribution in [2.24, 2.45) is 11.8 Å². The number of anilines is 1. The Morgan fingerprint density at radius 1 is 0.935 bits per heavy atom. The van der Waals surface area contributed by atoms with Crippen LogP contribution in [0.1, 0.15) is 42.6 Å². The van der Waals surface area contributed by atoms with E-state index in [0.717, 1.165) is 29.7 Å². The third-order valence-electron chi connectivity index (χ3n) is 6.91. The summed E-state index contributed by atoms with van der Waals surface area (Å²) in [6.45, 7) is 4.51. The third-order valence-corrected chi connectivity index (χ3v) is 6.91. The molecule has 5 rings (SSSR count). The number of unbranched alkanes of at least 4 members (excludes halogenated alkanes) is 1. The number of nitrogens with zero attached hydrogens (tertiary/aromatic N) is 2. The van der Waals surface area contributed by atoms with Crippen LogP contribution in [0.15, 0.2) is 60.7 Å². The molecule has 0 bridgehead atoms. The quantitative estimate of drug-likeness (QED) is 0.549. The highest BCUT2D eigenvalue weighted by Crippen LogP contribution is 2.50. The highest BCUT2D eigenvalue weighted by Gasteiger charge is 2.64. The fourth-order valence-corrected chi connectivity index (χ4v) is 5.47. The molecule has 2 amide bonds. The highest BCUT2D eigenvalue weighted by atomic mass is 16.2. The molecule has 0 saturated carbocycles. The Balaban J connectivity index is 1.65. The summed E-state index contributed by atoms with van der Waals surface area (Å²) in [7, 11) is 0. The topological polar surface area (TPSA) is 57.7 Å². The summed E-state index contributed by atoms with van der Waals surface area (Å²) in [5, 5.41) is 0. The molecule has 4 atom stereocenters. The van der Waals surface area contributed by atoms with E-state index in [1.54, 1.807) is 12.1 Å². The number of fused-ring (bicyclic) bond motifs is 5. The van der Waals surface area contributed by atoms with Gasteiger partial charge in [0.1, 0.15) is 6.04 Å². The largest absolute Gasteiger partial charge is 0.352 e. The minimum Gasteiger partial charge on any atom is -0.352 e. The summed E-state index contributed by atoms with van der Waals surface area (Å²) in [5.74, 6) is -1.61. The van der Waals surface area contributed by atoms with Crippen LogP contribution >= 0.6 is 0 Å². The number of Topliss-reactive ketones (excluding diaryl/α,β-unsaturated/α-hetero) is 1. The lowest BCUT2D eigenvalue weighted by Gasteiger charge is -2.38. The van der Waals surface area contributed by atoms with Gasteiger partial charge in [0.25, 0.3) is 0 Å². The average molecular weight is 415 g/mol. The van der Waals surface area contributed by atoms with Crippen LogP contribution in [-0.4, -0.2) is 41.1 Å². The first-order chi connectivity index (χ1) is 15.0. The molecule has 31 heavy (non-hydrogen) atoms. The van der Waals surface area contributed by atoms with Gasteiger partial charge in [-0.05, 0) is 25.0 Å². The molecule has 3 aliphatic rings. The zero-order chi connectivity index (χ0) is 21.7. The van der Waals surface area contributed by atoms with E-state index in [9.17, 15) is 14.4 Å². The maximum atomic E-state index is 13.8. The maximum absolute atomic E-state index is 13.8. The van der Waals surface area contributed by atoms with Crippen LogP contribution in [0.4, 0.5) is 5.69 Å². The lowest BCUT2D eigenvalue weighted by Crippen LogP contribution is -2.49. The molecule has 2 fully saturated rings. The minimum absolute atomic E-state index is 0.0978. The van der Waals surface area contributed by atoms with Crippen LogP contribution in [0.25, 0.3) is 5.57 Å². The Morgan fingerprint density at radius 3 is 2.35 bits per heavy atom. The summed E-state index contributed by atoms with van der Waals surface area (Å²) in [5.41, 5.74) is 3.63. The SMILES string of the molecule is CCCCN1C(=O)C2C(C1=O)C(C(=O)c1ccccc1)N1c3ccccc3C(C)=CC21. The maximum Gasteiger partial charge on any atom is 0.235 e. The molecule has 3 heterocycles. The lowest BCUT2D eigenvalue weighted by atomic mass is 9.85. The molecule has 2 saturated heterocycles. The summed E-state index contributed by atoms with van der Waals surface area (Å²) in [6, 6.07) is 16.1. The third kappa shape index (κ3) is 2.87. The Kier molecular flexibility index (Phi) is 4.77. The molecule has 0 radical (unpaired) electrons. The van der Waals surface area contributed by atoms with Crippen molar-refractivity contribution in [2.45, 2.75) is 38.8 Å². The second-order valence-electron chi connectivity index (χ2n) is 8.67. The highest BCUT2D eigenvalue weighted by molar-refractivity contribution is 6.14. The number of allylic oxidation sites excluding steroid dienone is 1. The predicted molar refractivity (Wildman–Crippen MR) is 120 cm³/mol. The number of ketones is 1. The van der Waals surface area contributed by atoms with Crippen molar-refractivity contribution in [3.63, 3.8) is 0 Å².